The van der Waals surface area contributed by atoms with Gasteiger partial charge in [0.1, 0.15) is 4.88 Å². The Morgan fingerprint density at radius 2 is 2.17 bits per heavy atom. The number of hydrogen-bond acceptors (Lipinski definition) is 3. The molecule has 0 amide bonds. The monoisotopic (exact) mass is 197 g/mol. The van der Waals surface area contributed by atoms with Gasteiger partial charge in [-0.25, -0.2) is 9.78 Å². The van der Waals surface area contributed by atoms with Crippen molar-refractivity contribution in [1.82, 2.24) is 4.98 Å². The van der Waals surface area contributed by atoms with Gasteiger partial charge in [-0.1, -0.05) is 0 Å². The third-order valence-corrected chi connectivity index (χ3v) is 1.99. The van der Waals surface area contributed by atoms with Crippen molar-refractivity contribution >= 4 is 17.3 Å². The molecule has 66 valence electrons. The minimum atomic E-state index is -4.56. The van der Waals surface area contributed by atoms with E-state index in [0.29, 0.717) is 6.20 Å². The van der Waals surface area contributed by atoms with E-state index in [9.17, 15) is 18.0 Å². The van der Waals surface area contributed by atoms with E-state index in [1.54, 1.807) is 0 Å². The Kier molecular flexibility index (Phi) is 2.05. The van der Waals surface area contributed by atoms with E-state index in [0.717, 1.165) is 0 Å². The van der Waals surface area contributed by atoms with Crippen molar-refractivity contribution in [2.75, 3.05) is 0 Å². The molecule has 0 fully saturated rings. The van der Waals surface area contributed by atoms with Crippen molar-refractivity contribution in [1.29, 1.82) is 0 Å². The first-order valence-electron chi connectivity index (χ1n) is 2.67. The van der Waals surface area contributed by atoms with Crippen LogP contribution in [0.3, 0.4) is 0 Å². The highest BCUT2D eigenvalue weighted by molar-refractivity contribution is 7.13. The van der Waals surface area contributed by atoms with Crippen molar-refractivity contribution < 1.29 is 23.1 Å². The van der Waals surface area contributed by atoms with Crippen molar-refractivity contribution in [3.63, 3.8) is 0 Å². The van der Waals surface area contributed by atoms with Crippen molar-refractivity contribution in [3.05, 3.63) is 16.1 Å². The van der Waals surface area contributed by atoms with Crippen LogP contribution in [0.5, 0.6) is 0 Å². The van der Waals surface area contributed by atoms with E-state index in [4.69, 9.17) is 5.11 Å². The van der Waals surface area contributed by atoms with E-state index in [1.165, 1.54) is 0 Å². The fourth-order valence-corrected chi connectivity index (χ4v) is 1.13. The first-order chi connectivity index (χ1) is 5.41. The van der Waals surface area contributed by atoms with Crippen molar-refractivity contribution in [2.45, 2.75) is 6.18 Å². The second kappa shape index (κ2) is 2.74. The number of thiazole rings is 1. The molecule has 12 heavy (non-hydrogen) atoms. The lowest BCUT2D eigenvalue weighted by atomic mass is 10.6. The van der Waals surface area contributed by atoms with Gasteiger partial charge in [0.15, 0.2) is 5.01 Å². The van der Waals surface area contributed by atoms with E-state index < -0.39 is 22.0 Å². The smallest absolute Gasteiger partial charge is 0.443 e. The summed E-state index contributed by atoms with van der Waals surface area (Å²) in [5.74, 6) is -1.40. The number of carboxylic acids is 1. The molecule has 1 aromatic heterocycles. The molecule has 0 aliphatic rings. The number of carboxylic acid groups (broad SMARTS) is 1. The van der Waals surface area contributed by atoms with Gasteiger partial charge in [0.2, 0.25) is 0 Å². The molecule has 0 aromatic carbocycles. The summed E-state index contributed by atoms with van der Waals surface area (Å²) < 4.78 is 35.5. The van der Waals surface area contributed by atoms with Gasteiger partial charge < -0.3 is 5.11 Å². The van der Waals surface area contributed by atoms with Gasteiger partial charge in [-0.05, 0) is 0 Å². The van der Waals surface area contributed by atoms with E-state index in [2.05, 4.69) is 4.98 Å². The van der Waals surface area contributed by atoms with Crippen LogP contribution in [0.2, 0.25) is 0 Å². The van der Waals surface area contributed by atoms with Gasteiger partial charge in [-0.2, -0.15) is 13.2 Å². The molecule has 0 unspecified atom stereocenters. The number of aromatic nitrogens is 1. The van der Waals surface area contributed by atoms with E-state index in [1.807, 2.05) is 0 Å². The minimum absolute atomic E-state index is 0.112. The standard InChI is InChI=1S/C5H2F3NO2S/c6-5(7,8)4-9-1-2(12-4)3(10)11/h1H,(H,10,11). The second-order valence-electron chi connectivity index (χ2n) is 1.83. The molecule has 7 heteroatoms. The summed E-state index contributed by atoms with van der Waals surface area (Å²) >= 11 is 0.112. The predicted octanol–water partition coefficient (Wildman–Crippen LogP) is 1.86. The molecule has 0 aliphatic heterocycles. The lowest BCUT2D eigenvalue weighted by Gasteiger charge is -1.98. The van der Waals surface area contributed by atoms with Crippen molar-refractivity contribution in [3.8, 4) is 0 Å². The second-order valence-corrected chi connectivity index (χ2v) is 2.86. The summed E-state index contributed by atoms with van der Waals surface area (Å²) in [5, 5.41) is 7.13. The molecule has 1 rings (SSSR count). The number of aromatic carboxylic acids is 1. The summed E-state index contributed by atoms with van der Waals surface area (Å²) in [5.41, 5.74) is 0. The number of carbonyl (C=O) groups is 1. The molecule has 0 aliphatic carbocycles. The number of alkyl halides is 3. The maximum absolute atomic E-state index is 11.8. The number of halogens is 3. The molecule has 0 saturated carbocycles. The SMILES string of the molecule is O=C(O)c1cnc(C(F)(F)F)s1. The topological polar surface area (TPSA) is 50.2 Å². The lowest BCUT2D eigenvalue weighted by molar-refractivity contribution is -0.137. The number of rotatable bonds is 1. The molecule has 1 heterocycles. The van der Waals surface area contributed by atoms with Gasteiger partial charge in [0, 0.05) is 0 Å². The van der Waals surface area contributed by atoms with Crippen LogP contribution in [-0.4, -0.2) is 16.1 Å². The molecular weight excluding hydrogens is 195 g/mol. The maximum atomic E-state index is 11.8. The highest BCUT2D eigenvalue weighted by atomic mass is 32.1. The number of nitrogens with zero attached hydrogens (tertiary/aromatic N) is 1. The molecule has 1 aromatic rings. The van der Waals surface area contributed by atoms with Crippen LogP contribution in [0.1, 0.15) is 14.7 Å². The molecule has 0 saturated heterocycles. The van der Waals surface area contributed by atoms with E-state index >= 15 is 0 Å². The average Bonchev–Trinajstić information content (AvgIpc) is 2.30. The van der Waals surface area contributed by atoms with Crippen LogP contribution in [0, 0.1) is 0 Å². The van der Waals surface area contributed by atoms with Gasteiger partial charge in [0.05, 0.1) is 6.20 Å². The first-order valence-corrected chi connectivity index (χ1v) is 3.49. The van der Waals surface area contributed by atoms with Gasteiger partial charge in [0.25, 0.3) is 0 Å². The number of hydrogen-bond donors (Lipinski definition) is 1. The zero-order chi connectivity index (χ0) is 9.35. The van der Waals surface area contributed by atoms with Gasteiger partial charge in [-0.15, -0.1) is 11.3 Å². The largest absolute Gasteiger partial charge is 0.477 e. The summed E-state index contributed by atoms with van der Waals surface area (Å²) in [6.07, 6.45) is -3.87. The summed E-state index contributed by atoms with van der Waals surface area (Å²) in [6.45, 7) is 0. The average molecular weight is 197 g/mol. The Morgan fingerprint density at radius 3 is 2.42 bits per heavy atom. The van der Waals surface area contributed by atoms with Crippen LogP contribution in [0.15, 0.2) is 6.20 Å². The Morgan fingerprint density at radius 1 is 1.58 bits per heavy atom. The Hall–Kier alpha value is -1.11. The Labute approximate surface area is 68.5 Å². The fraction of sp³-hybridized carbons (Fsp3) is 0.200. The summed E-state index contributed by atoms with van der Waals surface area (Å²) in [4.78, 5) is 12.7. The normalized spacial score (nSPS) is 11.6. The predicted molar refractivity (Wildman–Crippen MR) is 34.1 cm³/mol. The highest BCUT2D eigenvalue weighted by Crippen LogP contribution is 2.32. The molecule has 3 nitrogen and oxygen atoms in total. The molecule has 0 spiro atoms. The van der Waals surface area contributed by atoms with Crippen molar-refractivity contribution in [2.24, 2.45) is 0 Å². The van der Waals surface area contributed by atoms with Crippen LogP contribution < -0.4 is 0 Å². The van der Waals surface area contributed by atoms with Crippen LogP contribution in [0.25, 0.3) is 0 Å². The maximum Gasteiger partial charge on any atom is 0.443 e. The Balaban J connectivity index is 3.00. The fourth-order valence-electron chi connectivity index (χ4n) is 0.504. The molecule has 0 bridgehead atoms. The molecular formula is C5H2F3NO2S. The molecule has 1 N–H and O–H groups in total. The van der Waals surface area contributed by atoms with E-state index in [-0.39, 0.29) is 11.3 Å². The zero-order valence-corrected chi connectivity index (χ0v) is 6.24. The molecule has 0 radical (unpaired) electrons. The quantitative estimate of drug-likeness (QED) is 0.747. The minimum Gasteiger partial charge on any atom is -0.477 e. The van der Waals surface area contributed by atoms with Crippen LogP contribution in [-0.2, 0) is 6.18 Å². The first kappa shape index (κ1) is 8.98. The lowest BCUT2D eigenvalue weighted by Crippen LogP contribution is -2.02. The Bertz CT molecular complexity index is 306. The third kappa shape index (κ3) is 1.73. The van der Waals surface area contributed by atoms with Crippen LogP contribution in [0.4, 0.5) is 13.2 Å². The highest BCUT2D eigenvalue weighted by Gasteiger charge is 2.35. The van der Waals surface area contributed by atoms with Crippen LogP contribution >= 0.6 is 11.3 Å². The third-order valence-electron chi connectivity index (χ3n) is 0.959. The summed E-state index contributed by atoms with van der Waals surface area (Å²) in [6, 6.07) is 0. The zero-order valence-electron chi connectivity index (χ0n) is 5.42. The van der Waals surface area contributed by atoms with Gasteiger partial charge >= 0.3 is 12.1 Å². The van der Waals surface area contributed by atoms with Gasteiger partial charge in [-0.3, -0.25) is 0 Å². The summed E-state index contributed by atoms with van der Waals surface area (Å²) in [7, 11) is 0. The molecule has 0 atom stereocenters.